The Morgan fingerprint density at radius 2 is 1.70 bits per heavy atom. The van der Waals surface area contributed by atoms with Crippen molar-refractivity contribution in [3.05, 3.63) is 41.9 Å². The third-order valence-electron chi connectivity index (χ3n) is 2.69. The first-order chi connectivity index (χ1) is 9.45. The van der Waals surface area contributed by atoms with Crippen molar-refractivity contribution in [1.29, 1.82) is 0 Å². The minimum Gasteiger partial charge on any atom is -0.497 e. The van der Waals surface area contributed by atoms with Crippen LogP contribution in [0.5, 0.6) is 5.75 Å². The van der Waals surface area contributed by atoms with E-state index in [1.54, 1.807) is 31.4 Å². The van der Waals surface area contributed by atoms with Gasteiger partial charge in [0.15, 0.2) is 0 Å². The number of nitrogens with zero attached hydrogens (tertiary/aromatic N) is 3. The summed E-state index contributed by atoms with van der Waals surface area (Å²) in [6.07, 6.45) is 2.34. The quantitative estimate of drug-likeness (QED) is 0.807. The summed E-state index contributed by atoms with van der Waals surface area (Å²) >= 11 is 5.55. The zero-order valence-corrected chi connectivity index (χ0v) is 12.4. The molecule has 0 amide bonds. The summed E-state index contributed by atoms with van der Waals surface area (Å²) in [5.41, 5.74) is 0.501. The number of benzene rings is 1. The van der Waals surface area contributed by atoms with Crippen LogP contribution in [0, 0.1) is 0 Å². The van der Waals surface area contributed by atoms with Gasteiger partial charge in [0.1, 0.15) is 10.6 Å². The molecule has 2 aromatic rings. The number of aromatic nitrogens is 2. The monoisotopic (exact) mass is 313 g/mol. The Kier molecular flexibility index (Phi) is 4.10. The van der Waals surface area contributed by atoms with Gasteiger partial charge in [0.25, 0.3) is 10.0 Å². The molecule has 1 aromatic carbocycles. The van der Waals surface area contributed by atoms with E-state index in [4.69, 9.17) is 16.3 Å². The van der Waals surface area contributed by atoms with Crippen LogP contribution in [0.4, 0.5) is 5.69 Å². The Hall–Kier alpha value is -1.86. The second-order valence-corrected chi connectivity index (χ2v) is 6.17. The summed E-state index contributed by atoms with van der Waals surface area (Å²) in [5.74, 6) is 0.648. The van der Waals surface area contributed by atoms with Crippen LogP contribution in [0.25, 0.3) is 0 Å². The Balaban J connectivity index is 2.35. The molecule has 0 aliphatic heterocycles. The Morgan fingerprint density at radius 3 is 2.20 bits per heavy atom. The topological polar surface area (TPSA) is 72.4 Å². The van der Waals surface area contributed by atoms with Crippen molar-refractivity contribution in [3.8, 4) is 5.75 Å². The molecule has 0 spiro atoms. The number of anilines is 1. The maximum Gasteiger partial charge on any atom is 0.267 e. The minimum atomic E-state index is -3.72. The average Bonchev–Trinajstić information content (AvgIpc) is 2.47. The van der Waals surface area contributed by atoms with Gasteiger partial charge < -0.3 is 4.74 Å². The van der Waals surface area contributed by atoms with E-state index in [2.05, 4.69) is 9.97 Å². The number of halogens is 1. The minimum absolute atomic E-state index is 0.00366. The lowest BCUT2D eigenvalue weighted by Gasteiger charge is -2.19. The average molecular weight is 314 g/mol. The van der Waals surface area contributed by atoms with Gasteiger partial charge >= 0.3 is 0 Å². The summed E-state index contributed by atoms with van der Waals surface area (Å²) < 4.78 is 30.9. The summed E-state index contributed by atoms with van der Waals surface area (Å²) in [4.78, 5) is 7.33. The molecule has 1 aromatic heterocycles. The Morgan fingerprint density at radius 1 is 1.15 bits per heavy atom. The van der Waals surface area contributed by atoms with Gasteiger partial charge in [-0.3, -0.25) is 4.31 Å². The van der Waals surface area contributed by atoms with Gasteiger partial charge in [0, 0.05) is 7.05 Å². The van der Waals surface area contributed by atoms with Crippen molar-refractivity contribution in [2.24, 2.45) is 0 Å². The number of hydrogen-bond acceptors (Lipinski definition) is 5. The molecule has 2 rings (SSSR count). The van der Waals surface area contributed by atoms with Gasteiger partial charge in [0.2, 0.25) is 5.28 Å². The number of rotatable bonds is 4. The van der Waals surface area contributed by atoms with Crippen molar-refractivity contribution in [2.75, 3.05) is 18.5 Å². The van der Waals surface area contributed by atoms with Crippen LogP contribution in [0.15, 0.2) is 41.6 Å². The molecule has 0 aliphatic carbocycles. The van der Waals surface area contributed by atoms with Gasteiger partial charge in [-0.2, -0.15) is 0 Å². The van der Waals surface area contributed by atoms with E-state index in [1.807, 2.05) is 0 Å². The lowest BCUT2D eigenvalue weighted by atomic mass is 10.3. The molecule has 0 N–H and O–H groups in total. The Bertz CT molecular complexity index is 687. The van der Waals surface area contributed by atoms with Crippen LogP contribution >= 0.6 is 11.6 Å². The van der Waals surface area contributed by atoms with E-state index in [1.165, 1.54) is 19.4 Å². The number of hydrogen-bond donors (Lipinski definition) is 0. The predicted octanol–water partition coefficient (Wildman–Crippen LogP) is 1.96. The van der Waals surface area contributed by atoms with Gasteiger partial charge in [-0.15, -0.1) is 0 Å². The maximum absolute atomic E-state index is 12.4. The van der Waals surface area contributed by atoms with Gasteiger partial charge in [0.05, 0.1) is 25.2 Å². The predicted molar refractivity (Wildman–Crippen MR) is 75.6 cm³/mol. The largest absolute Gasteiger partial charge is 0.497 e. The standard InChI is InChI=1S/C12H12ClN3O3S/c1-16(9-3-5-10(19-2)6-4-9)20(17,18)11-7-14-12(13)15-8-11/h3-8H,1-2H3. The van der Waals surface area contributed by atoms with Crippen molar-refractivity contribution < 1.29 is 13.2 Å². The van der Waals surface area contributed by atoms with E-state index >= 15 is 0 Å². The molecule has 0 radical (unpaired) electrons. The third-order valence-corrected chi connectivity index (χ3v) is 4.62. The smallest absolute Gasteiger partial charge is 0.267 e. The molecular weight excluding hydrogens is 302 g/mol. The first kappa shape index (κ1) is 14.5. The first-order valence-electron chi connectivity index (χ1n) is 5.55. The van der Waals surface area contributed by atoms with E-state index in [9.17, 15) is 8.42 Å². The second-order valence-electron chi connectivity index (χ2n) is 3.86. The molecule has 20 heavy (non-hydrogen) atoms. The zero-order valence-electron chi connectivity index (χ0n) is 10.8. The van der Waals surface area contributed by atoms with E-state index < -0.39 is 10.0 Å². The summed E-state index contributed by atoms with van der Waals surface area (Å²) in [7, 11) is -0.727. The number of ether oxygens (including phenoxy) is 1. The number of methoxy groups -OCH3 is 1. The highest BCUT2D eigenvalue weighted by molar-refractivity contribution is 7.92. The summed E-state index contributed by atoms with van der Waals surface area (Å²) in [6.45, 7) is 0. The molecule has 0 saturated carbocycles. The van der Waals surface area contributed by atoms with Crippen LogP contribution in [-0.4, -0.2) is 32.5 Å². The normalized spacial score (nSPS) is 11.2. The second kappa shape index (κ2) is 5.64. The SMILES string of the molecule is COc1ccc(N(C)S(=O)(=O)c2cnc(Cl)nc2)cc1. The fraction of sp³-hybridized carbons (Fsp3) is 0.167. The molecule has 0 fully saturated rings. The lowest BCUT2D eigenvalue weighted by molar-refractivity contribution is 0.415. The molecule has 0 saturated heterocycles. The molecular formula is C12H12ClN3O3S. The van der Waals surface area contributed by atoms with Gasteiger partial charge in [-0.1, -0.05) is 0 Å². The van der Waals surface area contributed by atoms with E-state index in [0.717, 1.165) is 4.31 Å². The van der Waals surface area contributed by atoms with Crippen LogP contribution in [0.3, 0.4) is 0 Å². The van der Waals surface area contributed by atoms with Crippen molar-refractivity contribution in [3.63, 3.8) is 0 Å². The molecule has 106 valence electrons. The Labute approximate surface area is 122 Å². The molecule has 0 bridgehead atoms. The highest BCUT2D eigenvalue weighted by Gasteiger charge is 2.22. The van der Waals surface area contributed by atoms with Gasteiger partial charge in [-0.05, 0) is 35.9 Å². The molecule has 1 heterocycles. The first-order valence-corrected chi connectivity index (χ1v) is 7.37. The third kappa shape index (κ3) is 2.83. The van der Waals surface area contributed by atoms with E-state index in [0.29, 0.717) is 11.4 Å². The molecule has 6 nitrogen and oxygen atoms in total. The van der Waals surface area contributed by atoms with E-state index in [-0.39, 0.29) is 10.2 Å². The molecule has 0 aliphatic rings. The lowest BCUT2D eigenvalue weighted by Crippen LogP contribution is -2.26. The highest BCUT2D eigenvalue weighted by Crippen LogP contribution is 2.23. The summed E-state index contributed by atoms with van der Waals surface area (Å²) in [5, 5.41) is -0.00366. The zero-order chi connectivity index (χ0) is 14.8. The summed E-state index contributed by atoms with van der Waals surface area (Å²) in [6, 6.07) is 6.65. The van der Waals surface area contributed by atoms with Gasteiger partial charge in [-0.25, -0.2) is 18.4 Å². The fourth-order valence-corrected chi connectivity index (χ4v) is 2.71. The maximum atomic E-state index is 12.4. The van der Waals surface area contributed by atoms with Crippen LogP contribution in [-0.2, 0) is 10.0 Å². The fourth-order valence-electron chi connectivity index (χ4n) is 1.52. The number of sulfonamides is 1. The molecule has 0 atom stereocenters. The van der Waals surface area contributed by atoms with Crippen LogP contribution in [0.2, 0.25) is 5.28 Å². The van der Waals surface area contributed by atoms with Crippen molar-refractivity contribution in [1.82, 2.24) is 9.97 Å². The molecule has 0 unspecified atom stereocenters. The highest BCUT2D eigenvalue weighted by atomic mass is 35.5. The van der Waals surface area contributed by atoms with Crippen molar-refractivity contribution in [2.45, 2.75) is 4.90 Å². The van der Waals surface area contributed by atoms with Crippen molar-refractivity contribution >= 4 is 27.3 Å². The van der Waals surface area contributed by atoms with Crippen LogP contribution < -0.4 is 9.04 Å². The molecule has 8 heteroatoms. The van der Waals surface area contributed by atoms with Crippen LogP contribution in [0.1, 0.15) is 0 Å².